The number of hydrogen-bond donors (Lipinski definition) is 0. The molecule has 0 unspecified atom stereocenters. The van der Waals surface area contributed by atoms with Crippen LogP contribution in [0, 0.1) is 5.92 Å². The molecular weight excluding hydrogens is 468 g/mol. The number of alkyl halides is 2. The van der Waals surface area contributed by atoms with E-state index in [-0.39, 0.29) is 11.5 Å². The van der Waals surface area contributed by atoms with Gasteiger partial charge in [0.15, 0.2) is 11.5 Å². The van der Waals surface area contributed by atoms with Crippen LogP contribution in [0.2, 0.25) is 0 Å². The van der Waals surface area contributed by atoms with Crippen molar-refractivity contribution in [2.24, 2.45) is 5.92 Å². The van der Waals surface area contributed by atoms with Crippen molar-refractivity contribution in [3.8, 4) is 11.5 Å². The van der Waals surface area contributed by atoms with Crippen LogP contribution in [-0.4, -0.2) is 34.8 Å². The average molecular weight is 498 g/mol. The second-order valence-electron chi connectivity index (χ2n) is 9.60. The fraction of sp³-hybridized carbons (Fsp3) is 0.370. The van der Waals surface area contributed by atoms with Gasteiger partial charge in [0.1, 0.15) is 5.60 Å². The molecule has 0 amide bonds. The Kier molecular flexibility index (Phi) is 7.67. The van der Waals surface area contributed by atoms with E-state index >= 15 is 0 Å². The second-order valence-corrected chi connectivity index (χ2v) is 9.60. The van der Waals surface area contributed by atoms with Crippen LogP contribution in [-0.2, 0) is 11.3 Å². The van der Waals surface area contributed by atoms with Gasteiger partial charge in [0, 0.05) is 29.8 Å². The van der Waals surface area contributed by atoms with Gasteiger partial charge >= 0.3 is 12.6 Å². The van der Waals surface area contributed by atoms with Crippen LogP contribution in [0.15, 0.2) is 61.1 Å². The Balaban J connectivity index is 1.66. The molecule has 1 aliphatic rings. The quantitative estimate of drug-likeness (QED) is 0.311. The molecule has 0 radical (unpaired) electrons. The predicted octanol–water partition coefficient (Wildman–Crippen LogP) is 6.16. The first-order chi connectivity index (χ1) is 17.2. The van der Waals surface area contributed by atoms with Gasteiger partial charge in [-0.2, -0.15) is 8.78 Å². The fourth-order valence-electron chi connectivity index (χ4n) is 3.48. The van der Waals surface area contributed by atoms with Crippen LogP contribution in [0.25, 0.3) is 0 Å². The minimum Gasteiger partial charge on any atom is -0.489 e. The lowest BCUT2D eigenvalue weighted by molar-refractivity contribution is -0.0515. The summed E-state index contributed by atoms with van der Waals surface area (Å²) < 4.78 is 42.0. The maximum atomic E-state index is 13.0. The highest BCUT2D eigenvalue weighted by Crippen LogP contribution is 2.38. The third-order valence-corrected chi connectivity index (χ3v) is 5.38. The molecule has 0 spiro atoms. The standard InChI is InChI=1S/C27H29F2N3O4/c1-27(2,3)36-25(33)19-6-8-21(9-7-19)32(16-20-15-30-12-13-31-20)22-10-11-23(35-26(28)29)24(14-22)34-17-18-4-5-18/h6-15,18,26H,4-5,16-17H2,1-3H3. The summed E-state index contributed by atoms with van der Waals surface area (Å²) in [5, 5.41) is 0. The van der Waals surface area contributed by atoms with Gasteiger partial charge in [-0.15, -0.1) is 0 Å². The molecule has 0 saturated heterocycles. The van der Waals surface area contributed by atoms with E-state index in [1.165, 1.54) is 6.07 Å². The molecule has 0 bridgehead atoms. The average Bonchev–Trinajstić information content (AvgIpc) is 3.66. The molecule has 36 heavy (non-hydrogen) atoms. The van der Waals surface area contributed by atoms with E-state index in [0.717, 1.165) is 18.5 Å². The van der Waals surface area contributed by atoms with Gasteiger partial charge in [-0.3, -0.25) is 9.97 Å². The third kappa shape index (κ3) is 7.13. The van der Waals surface area contributed by atoms with E-state index in [9.17, 15) is 13.6 Å². The van der Waals surface area contributed by atoms with Crippen molar-refractivity contribution in [2.45, 2.75) is 52.4 Å². The zero-order valence-electron chi connectivity index (χ0n) is 20.5. The van der Waals surface area contributed by atoms with E-state index in [0.29, 0.717) is 36.0 Å². The largest absolute Gasteiger partial charge is 0.489 e. The van der Waals surface area contributed by atoms with Gasteiger partial charge in [0.05, 0.1) is 30.6 Å². The summed E-state index contributed by atoms with van der Waals surface area (Å²) in [7, 11) is 0. The Morgan fingerprint density at radius 1 is 1.06 bits per heavy atom. The highest BCUT2D eigenvalue weighted by molar-refractivity contribution is 5.90. The lowest BCUT2D eigenvalue weighted by Gasteiger charge is -2.26. The molecule has 1 aromatic heterocycles. The maximum absolute atomic E-state index is 13.0. The number of nitrogens with zero attached hydrogens (tertiary/aromatic N) is 3. The fourth-order valence-corrected chi connectivity index (χ4v) is 3.48. The zero-order chi connectivity index (χ0) is 25.7. The molecule has 0 N–H and O–H groups in total. The number of anilines is 2. The zero-order valence-corrected chi connectivity index (χ0v) is 20.5. The Morgan fingerprint density at radius 2 is 1.78 bits per heavy atom. The number of esters is 1. The number of carbonyl (C=O) groups is 1. The van der Waals surface area contributed by atoms with Gasteiger partial charge in [0.25, 0.3) is 0 Å². The van der Waals surface area contributed by atoms with Crippen LogP contribution in [0.1, 0.15) is 49.7 Å². The van der Waals surface area contributed by atoms with Gasteiger partial charge in [-0.1, -0.05) is 0 Å². The van der Waals surface area contributed by atoms with Gasteiger partial charge in [0.2, 0.25) is 0 Å². The summed E-state index contributed by atoms with van der Waals surface area (Å²) in [5.74, 6) is 0.242. The number of benzene rings is 2. The summed E-state index contributed by atoms with van der Waals surface area (Å²) >= 11 is 0. The van der Waals surface area contributed by atoms with Crippen LogP contribution in [0.4, 0.5) is 20.2 Å². The SMILES string of the molecule is CC(C)(C)OC(=O)c1ccc(N(Cc2cnccn2)c2ccc(OC(F)F)c(OCC3CC3)c2)cc1. The molecule has 1 heterocycles. The molecule has 9 heteroatoms. The molecular formula is C27H29F2N3O4. The van der Waals surface area contributed by atoms with Crippen LogP contribution in [0.3, 0.4) is 0 Å². The third-order valence-electron chi connectivity index (χ3n) is 5.38. The van der Waals surface area contributed by atoms with Crippen molar-refractivity contribution in [1.29, 1.82) is 0 Å². The maximum Gasteiger partial charge on any atom is 0.387 e. The first kappa shape index (κ1) is 25.3. The normalized spacial score (nSPS) is 13.4. The molecule has 190 valence electrons. The molecule has 0 atom stereocenters. The monoisotopic (exact) mass is 497 g/mol. The smallest absolute Gasteiger partial charge is 0.387 e. The summed E-state index contributed by atoms with van der Waals surface area (Å²) in [6.45, 7) is 3.26. The number of rotatable bonds is 10. The molecule has 1 fully saturated rings. The van der Waals surface area contributed by atoms with Crippen molar-refractivity contribution in [3.05, 3.63) is 72.3 Å². The number of halogens is 2. The molecule has 3 aromatic rings. The highest BCUT2D eigenvalue weighted by atomic mass is 19.3. The minimum atomic E-state index is -2.96. The van der Waals surface area contributed by atoms with Crippen LogP contribution in [0.5, 0.6) is 11.5 Å². The minimum absolute atomic E-state index is 0.0193. The van der Waals surface area contributed by atoms with Crippen molar-refractivity contribution in [1.82, 2.24) is 9.97 Å². The van der Waals surface area contributed by atoms with Crippen LogP contribution < -0.4 is 14.4 Å². The van der Waals surface area contributed by atoms with E-state index in [2.05, 4.69) is 14.7 Å². The van der Waals surface area contributed by atoms with Crippen molar-refractivity contribution >= 4 is 17.3 Å². The molecule has 7 nitrogen and oxygen atoms in total. The Bertz CT molecular complexity index is 1160. The van der Waals surface area contributed by atoms with Crippen molar-refractivity contribution in [2.75, 3.05) is 11.5 Å². The van der Waals surface area contributed by atoms with Crippen molar-refractivity contribution < 1.29 is 27.8 Å². The topological polar surface area (TPSA) is 73.8 Å². The van der Waals surface area contributed by atoms with Gasteiger partial charge < -0.3 is 19.1 Å². The first-order valence-electron chi connectivity index (χ1n) is 11.8. The second kappa shape index (κ2) is 10.9. The van der Waals surface area contributed by atoms with Crippen molar-refractivity contribution in [3.63, 3.8) is 0 Å². The predicted molar refractivity (Wildman–Crippen MR) is 131 cm³/mol. The van der Waals surface area contributed by atoms with E-state index < -0.39 is 18.2 Å². The first-order valence-corrected chi connectivity index (χ1v) is 11.8. The molecule has 0 aliphatic heterocycles. The van der Waals surface area contributed by atoms with E-state index in [1.807, 2.05) is 25.7 Å². The van der Waals surface area contributed by atoms with E-state index in [1.54, 1.807) is 55.0 Å². The van der Waals surface area contributed by atoms with E-state index in [4.69, 9.17) is 9.47 Å². The number of carbonyl (C=O) groups excluding carboxylic acids is 1. The van der Waals surface area contributed by atoms with Gasteiger partial charge in [-0.05, 0) is 75.9 Å². The van der Waals surface area contributed by atoms with Gasteiger partial charge in [-0.25, -0.2) is 4.79 Å². The van der Waals surface area contributed by atoms with Crippen LogP contribution >= 0.6 is 0 Å². The number of hydrogen-bond acceptors (Lipinski definition) is 7. The summed E-state index contributed by atoms with van der Waals surface area (Å²) in [6, 6.07) is 11.8. The molecule has 4 rings (SSSR count). The summed E-state index contributed by atoms with van der Waals surface area (Å²) in [6.07, 6.45) is 6.97. The number of aromatic nitrogens is 2. The summed E-state index contributed by atoms with van der Waals surface area (Å²) in [5.41, 5.74) is 1.94. The molecule has 2 aromatic carbocycles. The molecule has 1 aliphatic carbocycles. The number of ether oxygens (including phenoxy) is 3. The Morgan fingerprint density at radius 3 is 2.39 bits per heavy atom. The lowest BCUT2D eigenvalue weighted by Crippen LogP contribution is -2.24. The lowest BCUT2D eigenvalue weighted by atomic mass is 10.1. The molecule has 1 saturated carbocycles. The Labute approximate surface area is 209 Å². The summed E-state index contributed by atoms with van der Waals surface area (Å²) in [4.78, 5) is 22.9. The highest BCUT2D eigenvalue weighted by Gasteiger charge is 2.24. The Hall–Kier alpha value is -3.75.